The Morgan fingerprint density at radius 1 is 1.16 bits per heavy atom. The van der Waals surface area contributed by atoms with Crippen LogP contribution in [0.2, 0.25) is 5.02 Å². The molecular weight excluding hydrogens is 340 g/mol. The van der Waals surface area contributed by atoms with Crippen molar-refractivity contribution in [2.75, 3.05) is 6.61 Å². The molecule has 0 aliphatic carbocycles. The van der Waals surface area contributed by atoms with Gasteiger partial charge >= 0.3 is 0 Å². The van der Waals surface area contributed by atoms with Gasteiger partial charge in [-0.15, -0.1) is 0 Å². The molecule has 6 heteroatoms. The van der Waals surface area contributed by atoms with Crippen LogP contribution in [0.15, 0.2) is 65.8 Å². The van der Waals surface area contributed by atoms with Crippen LogP contribution in [0.4, 0.5) is 0 Å². The fourth-order valence-electron chi connectivity index (χ4n) is 2.30. The lowest BCUT2D eigenvalue weighted by molar-refractivity contribution is -0.123. The molecule has 0 fully saturated rings. The summed E-state index contributed by atoms with van der Waals surface area (Å²) in [6.45, 7) is -0.174. The molecular formula is C19H15ClN2O3. The molecule has 0 radical (unpaired) electrons. The van der Waals surface area contributed by atoms with E-state index in [4.69, 9.17) is 16.3 Å². The zero-order valence-corrected chi connectivity index (χ0v) is 13.9. The van der Waals surface area contributed by atoms with Crippen LogP contribution in [0, 0.1) is 0 Å². The second kappa shape index (κ2) is 7.68. The van der Waals surface area contributed by atoms with Gasteiger partial charge in [0.25, 0.3) is 5.91 Å². The first-order valence-corrected chi connectivity index (χ1v) is 7.92. The zero-order valence-electron chi connectivity index (χ0n) is 13.1. The SMILES string of the molecule is O=C(COc1cccc2ccccc12)N/N=C/c1cc(Cl)ccc1O. The maximum absolute atomic E-state index is 11.9. The highest BCUT2D eigenvalue weighted by molar-refractivity contribution is 6.30. The van der Waals surface area contributed by atoms with Crippen molar-refractivity contribution >= 4 is 34.5 Å². The van der Waals surface area contributed by atoms with Crippen LogP contribution in [0.3, 0.4) is 0 Å². The van der Waals surface area contributed by atoms with Crippen molar-refractivity contribution in [1.29, 1.82) is 0 Å². The molecule has 0 unspecified atom stereocenters. The van der Waals surface area contributed by atoms with Gasteiger partial charge in [0.15, 0.2) is 6.61 Å². The van der Waals surface area contributed by atoms with Gasteiger partial charge in [-0.2, -0.15) is 5.10 Å². The van der Waals surface area contributed by atoms with E-state index in [2.05, 4.69) is 10.5 Å². The van der Waals surface area contributed by atoms with Crippen LogP contribution in [0.5, 0.6) is 11.5 Å². The Labute approximate surface area is 149 Å². The number of carbonyl (C=O) groups is 1. The van der Waals surface area contributed by atoms with Gasteiger partial charge < -0.3 is 9.84 Å². The summed E-state index contributed by atoms with van der Waals surface area (Å²) in [4.78, 5) is 11.9. The predicted octanol–water partition coefficient (Wildman–Crippen LogP) is 3.73. The maximum atomic E-state index is 11.9. The topological polar surface area (TPSA) is 70.9 Å². The number of hydrogen-bond acceptors (Lipinski definition) is 4. The Kier molecular flexibility index (Phi) is 5.16. The van der Waals surface area contributed by atoms with E-state index in [1.54, 1.807) is 12.1 Å². The molecule has 3 aromatic carbocycles. The van der Waals surface area contributed by atoms with Gasteiger partial charge in [0.2, 0.25) is 0 Å². The number of rotatable bonds is 5. The third kappa shape index (κ3) is 4.28. The van der Waals surface area contributed by atoms with Gasteiger partial charge in [-0.05, 0) is 29.7 Å². The summed E-state index contributed by atoms with van der Waals surface area (Å²) in [6.07, 6.45) is 1.32. The third-order valence-corrected chi connectivity index (χ3v) is 3.73. The first kappa shape index (κ1) is 16.8. The van der Waals surface area contributed by atoms with Crippen molar-refractivity contribution in [3.63, 3.8) is 0 Å². The number of ether oxygens (including phenoxy) is 1. The summed E-state index contributed by atoms with van der Waals surface area (Å²) in [5.41, 5.74) is 2.75. The van der Waals surface area contributed by atoms with E-state index in [0.717, 1.165) is 10.8 Å². The van der Waals surface area contributed by atoms with Gasteiger partial charge in [-0.25, -0.2) is 5.43 Å². The van der Waals surface area contributed by atoms with E-state index in [-0.39, 0.29) is 12.4 Å². The maximum Gasteiger partial charge on any atom is 0.277 e. The van der Waals surface area contributed by atoms with E-state index < -0.39 is 5.91 Å². The number of amides is 1. The molecule has 0 bridgehead atoms. The summed E-state index contributed by atoms with van der Waals surface area (Å²) >= 11 is 5.84. The molecule has 1 amide bonds. The Morgan fingerprint density at radius 3 is 2.84 bits per heavy atom. The Bertz CT molecular complexity index is 936. The quantitative estimate of drug-likeness (QED) is 0.541. The van der Waals surface area contributed by atoms with E-state index in [9.17, 15) is 9.90 Å². The second-order valence-electron chi connectivity index (χ2n) is 5.26. The van der Waals surface area contributed by atoms with E-state index in [0.29, 0.717) is 16.3 Å². The van der Waals surface area contributed by atoms with Crippen LogP contribution in [-0.2, 0) is 4.79 Å². The Morgan fingerprint density at radius 2 is 1.96 bits per heavy atom. The molecule has 0 spiro atoms. The minimum Gasteiger partial charge on any atom is -0.507 e. The van der Waals surface area contributed by atoms with Crippen LogP contribution < -0.4 is 10.2 Å². The first-order chi connectivity index (χ1) is 12.1. The van der Waals surface area contributed by atoms with Gasteiger partial charge in [0.05, 0.1) is 6.21 Å². The molecule has 25 heavy (non-hydrogen) atoms. The average molecular weight is 355 g/mol. The number of halogens is 1. The molecule has 3 rings (SSSR count). The smallest absolute Gasteiger partial charge is 0.277 e. The van der Waals surface area contributed by atoms with Crippen LogP contribution in [0.1, 0.15) is 5.56 Å². The van der Waals surface area contributed by atoms with E-state index >= 15 is 0 Å². The Balaban J connectivity index is 1.59. The van der Waals surface area contributed by atoms with E-state index in [1.165, 1.54) is 12.3 Å². The second-order valence-corrected chi connectivity index (χ2v) is 5.70. The molecule has 0 aromatic heterocycles. The summed E-state index contributed by atoms with van der Waals surface area (Å²) in [5, 5.41) is 15.9. The number of hydrazone groups is 1. The normalized spacial score (nSPS) is 10.9. The monoisotopic (exact) mass is 354 g/mol. The standard InChI is InChI=1S/C19H15ClN2O3/c20-15-8-9-17(23)14(10-15)11-21-22-19(24)12-25-18-7-3-5-13-4-1-2-6-16(13)18/h1-11,23H,12H2,(H,22,24)/b21-11+. The van der Waals surface area contributed by atoms with Crippen molar-refractivity contribution in [2.24, 2.45) is 5.10 Å². The highest BCUT2D eigenvalue weighted by atomic mass is 35.5. The van der Waals surface area contributed by atoms with Gasteiger partial charge in [0, 0.05) is 16.0 Å². The molecule has 0 heterocycles. The van der Waals surface area contributed by atoms with Crippen molar-refractivity contribution in [3.05, 3.63) is 71.2 Å². The highest BCUT2D eigenvalue weighted by Gasteiger charge is 2.05. The lowest BCUT2D eigenvalue weighted by atomic mass is 10.1. The number of carbonyl (C=O) groups excluding carboxylic acids is 1. The van der Waals surface area contributed by atoms with E-state index in [1.807, 2.05) is 42.5 Å². The molecule has 3 aromatic rings. The number of phenolic OH excluding ortho intramolecular Hbond substituents is 1. The van der Waals surface area contributed by atoms with Crippen LogP contribution >= 0.6 is 11.6 Å². The lowest BCUT2D eigenvalue weighted by Crippen LogP contribution is -2.24. The largest absolute Gasteiger partial charge is 0.507 e. The number of fused-ring (bicyclic) bond motifs is 1. The highest BCUT2D eigenvalue weighted by Crippen LogP contribution is 2.25. The lowest BCUT2D eigenvalue weighted by Gasteiger charge is -2.08. The minimum absolute atomic E-state index is 0.0226. The molecule has 0 saturated carbocycles. The van der Waals surface area contributed by atoms with Crippen molar-refractivity contribution in [3.8, 4) is 11.5 Å². The van der Waals surface area contributed by atoms with Gasteiger partial charge in [-0.1, -0.05) is 48.0 Å². The molecule has 5 nitrogen and oxygen atoms in total. The molecule has 0 aliphatic rings. The summed E-state index contributed by atoms with van der Waals surface area (Å²) in [7, 11) is 0. The predicted molar refractivity (Wildman–Crippen MR) is 98.3 cm³/mol. The Hall–Kier alpha value is -3.05. The zero-order chi connectivity index (χ0) is 17.6. The summed E-state index contributed by atoms with van der Waals surface area (Å²) < 4.78 is 5.57. The molecule has 126 valence electrons. The van der Waals surface area contributed by atoms with Gasteiger partial charge in [0.1, 0.15) is 11.5 Å². The molecule has 2 N–H and O–H groups in total. The number of aromatic hydroxyl groups is 1. The fraction of sp³-hybridized carbons (Fsp3) is 0.0526. The number of nitrogens with one attached hydrogen (secondary N) is 1. The fourth-order valence-corrected chi connectivity index (χ4v) is 2.48. The molecule has 0 atom stereocenters. The molecule has 0 saturated heterocycles. The number of benzene rings is 3. The number of nitrogens with zero attached hydrogens (tertiary/aromatic N) is 1. The first-order valence-electron chi connectivity index (χ1n) is 7.54. The third-order valence-electron chi connectivity index (χ3n) is 3.49. The van der Waals surface area contributed by atoms with Crippen molar-refractivity contribution in [2.45, 2.75) is 0 Å². The molecule has 0 aliphatic heterocycles. The summed E-state index contributed by atoms with van der Waals surface area (Å²) in [6, 6.07) is 18.0. The van der Waals surface area contributed by atoms with Crippen molar-refractivity contribution < 1.29 is 14.6 Å². The van der Waals surface area contributed by atoms with Gasteiger partial charge in [-0.3, -0.25) is 4.79 Å². The van der Waals surface area contributed by atoms with Crippen LogP contribution in [0.25, 0.3) is 10.8 Å². The average Bonchev–Trinajstić information content (AvgIpc) is 2.63. The van der Waals surface area contributed by atoms with Crippen molar-refractivity contribution in [1.82, 2.24) is 5.43 Å². The summed E-state index contributed by atoms with van der Waals surface area (Å²) in [5.74, 6) is 0.241. The van der Waals surface area contributed by atoms with Crippen LogP contribution in [-0.4, -0.2) is 23.8 Å². The number of phenols is 1. The number of hydrogen-bond donors (Lipinski definition) is 2. The minimum atomic E-state index is -0.411.